The summed E-state index contributed by atoms with van der Waals surface area (Å²) in [7, 11) is 2.08. The number of rotatable bonds is 3. The fourth-order valence-corrected chi connectivity index (χ4v) is 2.34. The van der Waals surface area contributed by atoms with Crippen LogP contribution in [0.25, 0.3) is 0 Å². The van der Waals surface area contributed by atoms with Gasteiger partial charge in [-0.25, -0.2) is 4.98 Å². The highest BCUT2D eigenvalue weighted by molar-refractivity contribution is 5.38. The molecule has 6 heteroatoms. The van der Waals surface area contributed by atoms with E-state index in [-0.39, 0.29) is 5.41 Å². The van der Waals surface area contributed by atoms with Gasteiger partial charge in [0.05, 0.1) is 5.56 Å². The van der Waals surface area contributed by atoms with E-state index in [0.29, 0.717) is 12.4 Å². The van der Waals surface area contributed by atoms with Gasteiger partial charge in [-0.3, -0.25) is 0 Å². The van der Waals surface area contributed by atoms with Crippen LogP contribution in [0.2, 0.25) is 0 Å². The van der Waals surface area contributed by atoms with E-state index in [1.807, 2.05) is 0 Å². The van der Waals surface area contributed by atoms with E-state index in [9.17, 15) is 13.2 Å². The number of alkyl halides is 3. The van der Waals surface area contributed by atoms with Gasteiger partial charge >= 0.3 is 6.18 Å². The zero-order chi connectivity index (χ0) is 14.8. The van der Waals surface area contributed by atoms with Gasteiger partial charge in [0.2, 0.25) is 0 Å². The maximum Gasteiger partial charge on any atom is 0.416 e. The zero-order valence-electron chi connectivity index (χ0n) is 11.8. The molecule has 0 aromatic carbocycles. The lowest BCUT2D eigenvalue weighted by atomic mass is 9.80. The molecule has 20 heavy (non-hydrogen) atoms. The maximum atomic E-state index is 12.6. The molecular formula is C14H20F3N3. The van der Waals surface area contributed by atoms with Gasteiger partial charge in [0.25, 0.3) is 0 Å². The molecule has 112 valence electrons. The first-order valence-corrected chi connectivity index (χ1v) is 6.74. The van der Waals surface area contributed by atoms with E-state index in [4.69, 9.17) is 0 Å². The summed E-state index contributed by atoms with van der Waals surface area (Å²) in [6.45, 7) is 4.86. The molecule has 0 unspecified atom stereocenters. The average Bonchev–Trinajstić information content (AvgIpc) is 2.40. The molecule has 1 N–H and O–H groups in total. The minimum atomic E-state index is -4.32. The van der Waals surface area contributed by atoms with Crippen LogP contribution in [0.1, 0.15) is 25.3 Å². The first-order valence-electron chi connectivity index (χ1n) is 6.74. The smallest absolute Gasteiger partial charge is 0.370 e. The van der Waals surface area contributed by atoms with Crippen molar-refractivity contribution in [1.82, 2.24) is 9.88 Å². The van der Waals surface area contributed by atoms with Gasteiger partial charge in [-0.05, 0) is 50.5 Å². The van der Waals surface area contributed by atoms with Crippen LogP contribution in [0.3, 0.4) is 0 Å². The van der Waals surface area contributed by atoms with Crippen molar-refractivity contribution in [2.24, 2.45) is 5.41 Å². The molecule has 1 aromatic rings. The Balaban J connectivity index is 1.97. The summed E-state index contributed by atoms with van der Waals surface area (Å²) >= 11 is 0. The second kappa shape index (κ2) is 5.60. The lowest BCUT2D eigenvalue weighted by Crippen LogP contribution is -2.40. The van der Waals surface area contributed by atoms with Gasteiger partial charge in [-0.15, -0.1) is 0 Å². The van der Waals surface area contributed by atoms with Crippen molar-refractivity contribution >= 4 is 5.82 Å². The Morgan fingerprint density at radius 2 is 2.00 bits per heavy atom. The van der Waals surface area contributed by atoms with E-state index in [1.54, 1.807) is 0 Å². The summed E-state index contributed by atoms with van der Waals surface area (Å²) in [5.41, 5.74) is -0.550. The number of aromatic nitrogens is 1. The summed E-state index contributed by atoms with van der Waals surface area (Å²) in [5, 5.41) is 3.05. The molecule has 0 bridgehead atoms. The van der Waals surface area contributed by atoms with Gasteiger partial charge in [0, 0.05) is 12.7 Å². The standard InChI is InChI=1S/C14H20F3N3/c1-13(4-7-20(2)8-5-13)10-19-12-9-11(3-6-18-12)14(15,16)17/h3,6,9H,4-5,7-8,10H2,1-2H3,(H,18,19). The highest BCUT2D eigenvalue weighted by Crippen LogP contribution is 2.32. The number of nitrogens with zero attached hydrogens (tertiary/aromatic N) is 2. The monoisotopic (exact) mass is 287 g/mol. The lowest BCUT2D eigenvalue weighted by molar-refractivity contribution is -0.137. The van der Waals surface area contributed by atoms with Crippen LogP contribution in [0.15, 0.2) is 18.3 Å². The number of piperidine rings is 1. The van der Waals surface area contributed by atoms with Crippen LogP contribution in [0.5, 0.6) is 0 Å². The van der Waals surface area contributed by atoms with Gasteiger partial charge in [0.15, 0.2) is 0 Å². The summed E-state index contributed by atoms with van der Waals surface area (Å²) in [6.07, 6.45) is -1.05. The van der Waals surface area contributed by atoms with E-state index in [2.05, 4.69) is 29.2 Å². The highest BCUT2D eigenvalue weighted by atomic mass is 19.4. The predicted molar refractivity (Wildman–Crippen MR) is 72.6 cm³/mol. The molecule has 0 atom stereocenters. The molecule has 1 fully saturated rings. The van der Waals surface area contributed by atoms with Crippen molar-refractivity contribution in [3.05, 3.63) is 23.9 Å². The Labute approximate surface area is 117 Å². The second-order valence-electron chi connectivity index (χ2n) is 5.90. The van der Waals surface area contributed by atoms with Crippen molar-refractivity contribution in [2.45, 2.75) is 25.9 Å². The third-order valence-corrected chi connectivity index (χ3v) is 3.98. The highest BCUT2D eigenvalue weighted by Gasteiger charge is 2.31. The van der Waals surface area contributed by atoms with Gasteiger partial charge < -0.3 is 10.2 Å². The van der Waals surface area contributed by atoms with Crippen LogP contribution in [-0.4, -0.2) is 36.6 Å². The largest absolute Gasteiger partial charge is 0.416 e. The van der Waals surface area contributed by atoms with Gasteiger partial charge in [-0.1, -0.05) is 6.92 Å². The normalized spacial score (nSPS) is 19.9. The second-order valence-corrected chi connectivity index (χ2v) is 5.90. The molecule has 0 aliphatic carbocycles. The summed E-state index contributed by atoms with van der Waals surface area (Å²) in [4.78, 5) is 6.23. The quantitative estimate of drug-likeness (QED) is 0.925. The number of hydrogen-bond acceptors (Lipinski definition) is 3. The number of likely N-dealkylation sites (tertiary alicyclic amines) is 1. The molecule has 0 radical (unpaired) electrons. The lowest BCUT2D eigenvalue weighted by Gasteiger charge is -2.38. The molecule has 1 aromatic heterocycles. The van der Waals surface area contributed by atoms with Crippen LogP contribution >= 0.6 is 0 Å². The molecule has 1 saturated heterocycles. The van der Waals surface area contributed by atoms with Crippen LogP contribution in [0.4, 0.5) is 19.0 Å². The Morgan fingerprint density at radius 3 is 2.60 bits per heavy atom. The first kappa shape index (κ1) is 15.1. The van der Waals surface area contributed by atoms with Gasteiger partial charge in [-0.2, -0.15) is 13.2 Å². The third kappa shape index (κ3) is 3.85. The first-order chi connectivity index (χ1) is 9.28. The number of anilines is 1. The molecule has 2 rings (SSSR count). The van der Waals surface area contributed by atoms with E-state index in [0.717, 1.165) is 38.1 Å². The Bertz CT molecular complexity index is 451. The van der Waals surface area contributed by atoms with Crippen molar-refractivity contribution in [2.75, 3.05) is 32.0 Å². The summed E-state index contributed by atoms with van der Waals surface area (Å²) in [6, 6.07) is 2.06. The molecule has 1 aliphatic heterocycles. The SMILES string of the molecule is CN1CCC(C)(CNc2cc(C(F)(F)F)ccn2)CC1. The average molecular weight is 287 g/mol. The molecule has 0 saturated carbocycles. The molecule has 0 spiro atoms. The Hall–Kier alpha value is -1.30. The Kier molecular flexibility index (Phi) is 4.22. The third-order valence-electron chi connectivity index (χ3n) is 3.98. The number of nitrogens with one attached hydrogen (secondary N) is 1. The van der Waals surface area contributed by atoms with Gasteiger partial charge in [0.1, 0.15) is 5.82 Å². The number of hydrogen-bond donors (Lipinski definition) is 1. The van der Waals surface area contributed by atoms with Crippen LogP contribution in [0, 0.1) is 5.41 Å². The minimum absolute atomic E-state index is 0.114. The topological polar surface area (TPSA) is 28.2 Å². The van der Waals surface area contributed by atoms with Crippen molar-refractivity contribution in [1.29, 1.82) is 0 Å². The Morgan fingerprint density at radius 1 is 1.35 bits per heavy atom. The number of pyridine rings is 1. The molecule has 3 nitrogen and oxygen atoms in total. The van der Waals surface area contributed by atoms with Crippen molar-refractivity contribution < 1.29 is 13.2 Å². The van der Waals surface area contributed by atoms with E-state index in [1.165, 1.54) is 6.20 Å². The summed E-state index contributed by atoms with van der Waals surface area (Å²) < 4.78 is 37.9. The molecule has 1 aliphatic rings. The molecule has 0 amide bonds. The van der Waals surface area contributed by atoms with E-state index < -0.39 is 11.7 Å². The fraction of sp³-hybridized carbons (Fsp3) is 0.643. The molecular weight excluding hydrogens is 267 g/mol. The van der Waals surface area contributed by atoms with Crippen LogP contribution < -0.4 is 5.32 Å². The predicted octanol–water partition coefficient (Wildman–Crippen LogP) is 3.24. The minimum Gasteiger partial charge on any atom is -0.370 e. The maximum absolute atomic E-state index is 12.6. The number of halogens is 3. The van der Waals surface area contributed by atoms with Crippen molar-refractivity contribution in [3.63, 3.8) is 0 Å². The van der Waals surface area contributed by atoms with Crippen LogP contribution in [-0.2, 0) is 6.18 Å². The fourth-order valence-electron chi connectivity index (χ4n) is 2.34. The van der Waals surface area contributed by atoms with E-state index >= 15 is 0 Å². The molecule has 2 heterocycles. The van der Waals surface area contributed by atoms with Crippen molar-refractivity contribution in [3.8, 4) is 0 Å². The zero-order valence-corrected chi connectivity index (χ0v) is 11.8. The summed E-state index contributed by atoms with van der Waals surface area (Å²) in [5.74, 6) is 0.292.